The molecular weight excluding hydrogens is 767 g/mol. The molecule has 0 radical (unpaired) electrons. The lowest BCUT2D eigenvalue weighted by molar-refractivity contribution is -0.143. The van der Waals surface area contributed by atoms with Gasteiger partial charge in [0, 0.05) is 12.8 Å². The van der Waals surface area contributed by atoms with E-state index in [1.54, 1.807) is 0 Å². The van der Waals surface area contributed by atoms with Gasteiger partial charge in [-0.15, -0.1) is 0 Å². The van der Waals surface area contributed by atoms with Crippen LogP contribution in [0.2, 0.25) is 0 Å². The van der Waals surface area contributed by atoms with Crippen molar-refractivity contribution in [2.24, 2.45) is 0 Å². The Hall–Kier alpha value is -1.40. The SMILES string of the molecule is CCCC/C=C\CCCCCCCC(=O)OCCCCCCCCCCCCCCCCCCCCCCCCCCC(=O)NC(CO)C(O)CCCCCCCCCCCC. The quantitative estimate of drug-likeness (QED) is 0.0321. The van der Waals surface area contributed by atoms with E-state index in [0.29, 0.717) is 25.9 Å². The van der Waals surface area contributed by atoms with Gasteiger partial charge in [0.05, 0.1) is 25.4 Å². The van der Waals surface area contributed by atoms with E-state index in [2.05, 4.69) is 31.3 Å². The molecule has 0 aliphatic heterocycles. The molecule has 0 aliphatic rings. The topological polar surface area (TPSA) is 95.9 Å². The number of ether oxygens (including phenoxy) is 1. The molecule has 0 aromatic carbocycles. The Balaban J connectivity index is 3.34. The highest BCUT2D eigenvalue weighted by atomic mass is 16.5. The Bertz CT molecular complexity index is 924. The van der Waals surface area contributed by atoms with Crippen molar-refractivity contribution in [1.82, 2.24) is 5.32 Å². The van der Waals surface area contributed by atoms with E-state index in [4.69, 9.17) is 4.74 Å². The number of nitrogens with one attached hydrogen (secondary N) is 1. The van der Waals surface area contributed by atoms with Crippen LogP contribution in [-0.4, -0.2) is 47.4 Å². The third-order valence-electron chi connectivity index (χ3n) is 13.1. The van der Waals surface area contributed by atoms with Gasteiger partial charge in [-0.05, 0) is 44.9 Å². The van der Waals surface area contributed by atoms with Crippen molar-refractivity contribution in [1.29, 1.82) is 0 Å². The second kappa shape index (κ2) is 52.2. The lowest BCUT2D eigenvalue weighted by Gasteiger charge is -2.22. The van der Waals surface area contributed by atoms with Crippen LogP contribution < -0.4 is 5.32 Å². The summed E-state index contributed by atoms with van der Waals surface area (Å²) in [5.74, 6) is -0.0302. The van der Waals surface area contributed by atoms with Gasteiger partial charge in [0.15, 0.2) is 0 Å². The first-order valence-corrected chi connectivity index (χ1v) is 27.9. The zero-order chi connectivity index (χ0) is 45.1. The summed E-state index contributed by atoms with van der Waals surface area (Å²) in [6.45, 7) is 4.91. The van der Waals surface area contributed by atoms with Crippen LogP contribution in [-0.2, 0) is 14.3 Å². The number of aliphatic hydroxyl groups is 2. The zero-order valence-corrected chi connectivity index (χ0v) is 41.9. The smallest absolute Gasteiger partial charge is 0.305 e. The van der Waals surface area contributed by atoms with E-state index >= 15 is 0 Å². The minimum Gasteiger partial charge on any atom is -0.466 e. The maximum atomic E-state index is 12.4. The number of unbranched alkanes of at least 4 members (excludes halogenated alkanes) is 39. The predicted octanol–water partition coefficient (Wildman–Crippen LogP) is 16.9. The highest BCUT2D eigenvalue weighted by molar-refractivity contribution is 5.76. The van der Waals surface area contributed by atoms with Gasteiger partial charge in [0.2, 0.25) is 5.91 Å². The molecule has 368 valence electrons. The fourth-order valence-corrected chi connectivity index (χ4v) is 8.74. The van der Waals surface area contributed by atoms with Crippen molar-refractivity contribution in [3.8, 4) is 0 Å². The summed E-state index contributed by atoms with van der Waals surface area (Å²) in [5.41, 5.74) is 0. The standard InChI is InChI=1S/C56H109NO5/c1-3-5-7-9-11-13-29-34-38-42-46-50-56(61)62-51-47-43-39-35-31-28-26-24-22-20-18-16-15-17-19-21-23-25-27-30-33-37-41-45-49-55(60)57-53(52-58)54(59)48-44-40-36-32-14-12-10-8-6-4-2/h9,11,53-54,58-59H,3-8,10,12-52H2,1-2H3,(H,57,60)/b11-9-. The van der Waals surface area contributed by atoms with Crippen LogP contribution in [0.25, 0.3) is 0 Å². The average molecular weight is 876 g/mol. The number of carbonyl (C=O) groups is 2. The van der Waals surface area contributed by atoms with Crippen LogP contribution in [0.15, 0.2) is 12.2 Å². The largest absolute Gasteiger partial charge is 0.466 e. The van der Waals surface area contributed by atoms with Gasteiger partial charge in [0.1, 0.15) is 0 Å². The molecule has 0 fully saturated rings. The normalized spacial score (nSPS) is 12.6. The Morgan fingerprint density at radius 1 is 0.435 bits per heavy atom. The molecule has 0 spiro atoms. The van der Waals surface area contributed by atoms with Crippen molar-refractivity contribution in [2.45, 2.75) is 321 Å². The Labute approximate surface area is 387 Å². The first kappa shape index (κ1) is 60.6. The fourth-order valence-electron chi connectivity index (χ4n) is 8.74. The number of aliphatic hydroxyl groups excluding tert-OH is 2. The monoisotopic (exact) mass is 876 g/mol. The second-order valence-electron chi connectivity index (χ2n) is 19.3. The van der Waals surface area contributed by atoms with Gasteiger partial charge in [-0.25, -0.2) is 0 Å². The molecule has 6 nitrogen and oxygen atoms in total. The molecule has 3 N–H and O–H groups in total. The summed E-state index contributed by atoms with van der Waals surface area (Å²) in [4.78, 5) is 24.4. The van der Waals surface area contributed by atoms with E-state index in [1.807, 2.05) is 0 Å². The van der Waals surface area contributed by atoms with Crippen LogP contribution in [0, 0.1) is 0 Å². The number of carbonyl (C=O) groups excluding carboxylic acids is 2. The summed E-state index contributed by atoms with van der Waals surface area (Å²) in [6, 6.07) is -0.538. The minimum atomic E-state index is -0.660. The molecule has 0 heterocycles. The van der Waals surface area contributed by atoms with E-state index in [-0.39, 0.29) is 18.5 Å². The highest BCUT2D eigenvalue weighted by Crippen LogP contribution is 2.17. The Morgan fingerprint density at radius 3 is 1.19 bits per heavy atom. The van der Waals surface area contributed by atoms with Gasteiger partial charge >= 0.3 is 5.97 Å². The molecule has 1 amide bonds. The molecule has 2 atom stereocenters. The number of rotatable bonds is 52. The molecule has 0 saturated heterocycles. The molecule has 0 aromatic heterocycles. The van der Waals surface area contributed by atoms with E-state index in [1.165, 1.54) is 231 Å². The van der Waals surface area contributed by atoms with E-state index in [0.717, 1.165) is 44.9 Å². The lowest BCUT2D eigenvalue weighted by Crippen LogP contribution is -2.45. The van der Waals surface area contributed by atoms with Crippen molar-refractivity contribution >= 4 is 11.9 Å². The molecule has 0 aromatic rings. The van der Waals surface area contributed by atoms with E-state index < -0.39 is 12.1 Å². The number of hydrogen-bond donors (Lipinski definition) is 3. The number of amides is 1. The fraction of sp³-hybridized carbons (Fsp3) is 0.929. The molecule has 0 aliphatic carbocycles. The zero-order valence-electron chi connectivity index (χ0n) is 41.9. The highest BCUT2D eigenvalue weighted by Gasteiger charge is 2.20. The number of allylic oxidation sites excluding steroid dienone is 2. The summed E-state index contributed by atoms with van der Waals surface area (Å²) in [7, 11) is 0. The second-order valence-corrected chi connectivity index (χ2v) is 19.3. The van der Waals surface area contributed by atoms with Crippen molar-refractivity contribution in [2.75, 3.05) is 13.2 Å². The lowest BCUT2D eigenvalue weighted by atomic mass is 10.0. The van der Waals surface area contributed by atoms with Crippen LogP contribution >= 0.6 is 0 Å². The molecular formula is C56H109NO5. The third kappa shape index (κ3) is 48.1. The molecule has 0 saturated carbocycles. The average Bonchev–Trinajstić information content (AvgIpc) is 3.27. The first-order valence-electron chi connectivity index (χ1n) is 27.9. The Morgan fingerprint density at radius 2 is 0.774 bits per heavy atom. The van der Waals surface area contributed by atoms with Gasteiger partial charge in [0.25, 0.3) is 0 Å². The summed E-state index contributed by atoms with van der Waals surface area (Å²) in [5, 5.41) is 23.1. The van der Waals surface area contributed by atoms with Gasteiger partial charge < -0.3 is 20.3 Å². The summed E-state index contributed by atoms with van der Waals surface area (Å²) in [6.07, 6.45) is 60.7. The predicted molar refractivity (Wildman–Crippen MR) is 269 cm³/mol. The van der Waals surface area contributed by atoms with Crippen LogP contribution in [0.1, 0.15) is 309 Å². The summed E-state index contributed by atoms with van der Waals surface area (Å²) >= 11 is 0. The van der Waals surface area contributed by atoms with Gasteiger partial charge in [-0.1, -0.05) is 264 Å². The molecule has 2 unspecified atom stereocenters. The van der Waals surface area contributed by atoms with Crippen LogP contribution in [0.3, 0.4) is 0 Å². The molecule has 6 heteroatoms. The van der Waals surface area contributed by atoms with Crippen molar-refractivity contribution < 1.29 is 24.5 Å². The molecule has 0 bridgehead atoms. The van der Waals surface area contributed by atoms with Gasteiger partial charge in [-0.2, -0.15) is 0 Å². The van der Waals surface area contributed by atoms with Crippen molar-refractivity contribution in [3.63, 3.8) is 0 Å². The first-order chi connectivity index (χ1) is 30.5. The maximum Gasteiger partial charge on any atom is 0.305 e. The number of hydrogen-bond acceptors (Lipinski definition) is 5. The van der Waals surface area contributed by atoms with Gasteiger partial charge in [-0.3, -0.25) is 9.59 Å². The molecule has 62 heavy (non-hydrogen) atoms. The molecule has 0 rings (SSSR count). The van der Waals surface area contributed by atoms with Crippen LogP contribution in [0.5, 0.6) is 0 Å². The van der Waals surface area contributed by atoms with Crippen molar-refractivity contribution in [3.05, 3.63) is 12.2 Å². The van der Waals surface area contributed by atoms with E-state index in [9.17, 15) is 19.8 Å². The Kier molecular flexibility index (Phi) is 51.0. The third-order valence-corrected chi connectivity index (χ3v) is 13.1. The maximum absolute atomic E-state index is 12.4. The number of esters is 1. The minimum absolute atomic E-state index is 0.00440. The summed E-state index contributed by atoms with van der Waals surface area (Å²) < 4.78 is 5.45. The van der Waals surface area contributed by atoms with Crippen LogP contribution in [0.4, 0.5) is 0 Å².